The molecule has 1 amide bonds. The second-order valence-electron chi connectivity index (χ2n) is 15.0. The Labute approximate surface area is 365 Å². The zero-order valence-corrected chi connectivity index (χ0v) is 35.0. The molecule has 0 fully saturated rings. The number of aromatic amines is 2. The van der Waals surface area contributed by atoms with E-state index in [4.69, 9.17) is 28.9 Å². The van der Waals surface area contributed by atoms with Crippen molar-refractivity contribution in [2.45, 2.75) is 0 Å². The highest BCUT2D eigenvalue weighted by Crippen LogP contribution is 2.38. The van der Waals surface area contributed by atoms with E-state index in [0.29, 0.717) is 45.3 Å². The smallest absolute Gasteiger partial charge is 0.250 e. The fourth-order valence-corrected chi connectivity index (χ4v) is 7.90. The van der Waals surface area contributed by atoms with Crippen LogP contribution in [0.4, 0.5) is 5.69 Å². The van der Waals surface area contributed by atoms with Gasteiger partial charge in [0.1, 0.15) is 6.61 Å². The van der Waals surface area contributed by atoms with Crippen LogP contribution < -0.4 is 5.32 Å². The molecule has 2 aliphatic rings. The highest BCUT2D eigenvalue weighted by molar-refractivity contribution is 6.00. The zero-order valence-electron chi connectivity index (χ0n) is 35.0. The molecule has 10 nitrogen and oxygen atoms in total. The highest BCUT2D eigenvalue weighted by Gasteiger charge is 2.19. The number of anilines is 1. The molecule has 2 aliphatic heterocycles. The minimum Gasteiger partial charge on any atom is -0.382 e. The third kappa shape index (κ3) is 9.50. The molecule has 0 aliphatic carbocycles. The molecule has 10 heteroatoms. The van der Waals surface area contributed by atoms with Crippen molar-refractivity contribution in [3.05, 3.63) is 162 Å². The Morgan fingerprint density at radius 1 is 0.444 bits per heavy atom. The third-order valence-electron chi connectivity index (χ3n) is 10.8. The molecule has 9 rings (SSSR count). The van der Waals surface area contributed by atoms with Crippen molar-refractivity contribution in [1.82, 2.24) is 19.9 Å². The van der Waals surface area contributed by atoms with E-state index in [9.17, 15) is 4.79 Å². The monoisotopic (exact) mass is 833 g/mol. The number of H-pyrrole nitrogens is 2. The molecule has 0 saturated carbocycles. The molecule has 0 unspecified atom stereocenters. The van der Waals surface area contributed by atoms with Crippen molar-refractivity contribution in [2.24, 2.45) is 0 Å². The first-order chi connectivity index (χ1) is 31.1. The van der Waals surface area contributed by atoms with Gasteiger partial charge in [-0.15, -0.1) is 0 Å². The SMILES string of the molecule is COCCOCCOCCOCC(=O)Nc1ccc(-c2c3nc(c(-c4ccccc4)c4ccc([nH]4)c(-c4ccccc4)c4nc(c(-c5ccccc5)c5ccc2[nH]5)C=C4)C=C3)cc1. The Bertz CT molecular complexity index is 2890. The molecule has 63 heavy (non-hydrogen) atoms. The minimum absolute atomic E-state index is 0.0909. The molecule has 5 heterocycles. The van der Waals surface area contributed by atoms with Gasteiger partial charge < -0.3 is 34.2 Å². The first-order valence-corrected chi connectivity index (χ1v) is 21.1. The van der Waals surface area contributed by atoms with Gasteiger partial charge in [0, 0.05) is 57.1 Å². The summed E-state index contributed by atoms with van der Waals surface area (Å²) in [5.41, 5.74) is 15.6. The standard InChI is InChI=1S/C53H47N5O5/c1-60-29-30-61-31-32-62-33-34-63-35-49(59)54-40-19-17-39(18-20-40)53-47-27-25-45(57-47)51(37-13-7-3-8-14-37)43-23-21-41(55-43)50(36-11-5-2-6-12-36)42-22-24-44(56-42)52(38-15-9-4-10-16-38)46-26-28-48(53)58-46/h2-28,55,58H,29-35H2,1H3,(H,54,59). The summed E-state index contributed by atoms with van der Waals surface area (Å²) in [6, 6.07) is 47.5. The summed E-state index contributed by atoms with van der Waals surface area (Å²) in [4.78, 5) is 31.2. The number of fused-ring (bicyclic) bond motifs is 8. The van der Waals surface area contributed by atoms with E-state index >= 15 is 0 Å². The minimum atomic E-state index is -0.252. The van der Waals surface area contributed by atoms with Gasteiger partial charge in [-0.2, -0.15) is 0 Å². The van der Waals surface area contributed by atoms with Crippen molar-refractivity contribution in [3.63, 3.8) is 0 Å². The number of carbonyl (C=O) groups is 1. The Morgan fingerprint density at radius 2 is 0.794 bits per heavy atom. The van der Waals surface area contributed by atoms with Crippen LogP contribution in [0.3, 0.4) is 0 Å². The number of carbonyl (C=O) groups excluding carboxylic acids is 1. The molecule has 8 bridgehead atoms. The zero-order chi connectivity index (χ0) is 42.8. The van der Waals surface area contributed by atoms with E-state index in [1.807, 2.05) is 42.5 Å². The lowest BCUT2D eigenvalue weighted by atomic mass is 10.0. The van der Waals surface area contributed by atoms with Gasteiger partial charge in [-0.25, -0.2) is 9.97 Å². The van der Waals surface area contributed by atoms with Gasteiger partial charge in [-0.3, -0.25) is 4.79 Å². The predicted molar refractivity (Wildman–Crippen MR) is 254 cm³/mol. The molecule has 0 saturated heterocycles. The number of nitrogens with zero attached hydrogens (tertiary/aromatic N) is 2. The van der Waals surface area contributed by atoms with Gasteiger partial charge in [-0.1, -0.05) is 103 Å². The Hall–Kier alpha value is -7.21. The van der Waals surface area contributed by atoms with E-state index in [2.05, 4.69) is 137 Å². The Balaban J connectivity index is 1.14. The quantitative estimate of drug-likeness (QED) is 0.0828. The molecule has 0 radical (unpaired) electrons. The second-order valence-corrected chi connectivity index (χ2v) is 15.0. The fraction of sp³-hybridized carbons (Fsp3) is 0.151. The predicted octanol–water partition coefficient (Wildman–Crippen LogP) is 11.0. The number of aromatic nitrogens is 4. The molecule has 3 aromatic heterocycles. The normalized spacial score (nSPS) is 11.9. The largest absolute Gasteiger partial charge is 0.382 e. The highest BCUT2D eigenvalue weighted by atomic mass is 16.6. The summed E-state index contributed by atoms with van der Waals surface area (Å²) in [5, 5.41) is 2.96. The summed E-state index contributed by atoms with van der Waals surface area (Å²) in [6.45, 7) is 2.57. The molecular weight excluding hydrogens is 787 g/mol. The summed E-state index contributed by atoms with van der Waals surface area (Å²) < 4.78 is 21.4. The van der Waals surface area contributed by atoms with Crippen LogP contribution in [0.1, 0.15) is 22.8 Å². The van der Waals surface area contributed by atoms with Crippen molar-refractivity contribution in [2.75, 3.05) is 58.7 Å². The van der Waals surface area contributed by atoms with Crippen molar-refractivity contribution >= 4 is 58.0 Å². The van der Waals surface area contributed by atoms with Gasteiger partial charge in [0.15, 0.2) is 0 Å². The molecule has 0 atom stereocenters. The number of methoxy groups -OCH3 is 1. The van der Waals surface area contributed by atoms with Crippen molar-refractivity contribution < 1.29 is 23.7 Å². The van der Waals surface area contributed by atoms with Crippen LogP contribution in [0.2, 0.25) is 0 Å². The summed E-state index contributed by atoms with van der Waals surface area (Å²) in [6.07, 6.45) is 8.38. The second kappa shape index (κ2) is 19.7. The first kappa shape index (κ1) is 41.2. The molecule has 314 valence electrons. The molecule has 0 spiro atoms. The van der Waals surface area contributed by atoms with Crippen LogP contribution in [-0.2, 0) is 23.7 Å². The molecule has 4 aromatic carbocycles. The number of benzene rings is 4. The van der Waals surface area contributed by atoms with Crippen molar-refractivity contribution in [3.8, 4) is 44.5 Å². The van der Waals surface area contributed by atoms with Crippen LogP contribution >= 0.6 is 0 Å². The van der Waals surface area contributed by atoms with Gasteiger partial charge in [0.2, 0.25) is 5.91 Å². The van der Waals surface area contributed by atoms with E-state index in [1.54, 1.807) is 7.11 Å². The van der Waals surface area contributed by atoms with Crippen LogP contribution in [0.15, 0.2) is 140 Å². The van der Waals surface area contributed by atoms with Gasteiger partial charge >= 0.3 is 0 Å². The molecular formula is C53H47N5O5. The summed E-state index contributed by atoms with van der Waals surface area (Å²) in [5.74, 6) is -0.252. The maximum absolute atomic E-state index is 12.8. The lowest BCUT2D eigenvalue weighted by molar-refractivity contribution is -0.121. The lowest BCUT2D eigenvalue weighted by Gasteiger charge is -2.09. The molecule has 7 aromatic rings. The fourth-order valence-electron chi connectivity index (χ4n) is 7.90. The van der Waals surface area contributed by atoms with E-state index < -0.39 is 0 Å². The van der Waals surface area contributed by atoms with E-state index in [0.717, 1.165) is 89.4 Å². The number of hydrogen-bond acceptors (Lipinski definition) is 7. The maximum Gasteiger partial charge on any atom is 0.250 e. The summed E-state index contributed by atoms with van der Waals surface area (Å²) in [7, 11) is 1.63. The number of rotatable bonds is 16. The van der Waals surface area contributed by atoms with Crippen LogP contribution in [0.5, 0.6) is 0 Å². The molecule has 3 N–H and O–H groups in total. The van der Waals surface area contributed by atoms with Gasteiger partial charge in [0.05, 0.1) is 62.4 Å². The topological polar surface area (TPSA) is 123 Å². The lowest BCUT2D eigenvalue weighted by Crippen LogP contribution is -2.20. The third-order valence-corrected chi connectivity index (χ3v) is 10.8. The average Bonchev–Trinajstić information content (AvgIpc) is 4.17. The van der Waals surface area contributed by atoms with Gasteiger partial charge in [0.25, 0.3) is 0 Å². The number of nitrogens with one attached hydrogen (secondary N) is 3. The van der Waals surface area contributed by atoms with E-state index in [-0.39, 0.29) is 12.5 Å². The van der Waals surface area contributed by atoms with E-state index in [1.165, 1.54) is 0 Å². The van der Waals surface area contributed by atoms with Crippen LogP contribution in [0, 0.1) is 0 Å². The van der Waals surface area contributed by atoms with Crippen LogP contribution in [-0.4, -0.2) is 79.2 Å². The Morgan fingerprint density at radius 3 is 1.17 bits per heavy atom. The maximum atomic E-state index is 12.8. The van der Waals surface area contributed by atoms with Crippen molar-refractivity contribution in [1.29, 1.82) is 0 Å². The Kier molecular flexibility index (Phi) is 12.8. The van der Waals surface area contributed by atoms with Gasteiger partial charge in [-0.05, 0) is 83.0 Å². The van der Waals surface area contributed by atoms with Crippen LogP contribution in [0.25, 0.3) is 90.9 Å². The number of ether oxygens (including phenoxy) is 4. The number of hydrogen-bond donors (Lipinski definition) is 3. The first-order valence-electron chi connectivity index (χ1n) is 21.1. The summed E-state index contributed by atoms with van der Waals surface area (Å²) >= 11 is 0. The number of amides is 1. The average molecular weight is 834 g/mol.